The summed E-state index contributed by atoms with van der Waals surface area (Å²) in [4.78, 5) is 27.9. The van der Waals surface area contributed by atoms with Crippen LogP contribution in [0.3, 0.4) is 0 Å². The molecule has 5 rings (SSSR count). The van der Waals surface area contributed by atoms with E-state index in [1.807, 2.05) is 18.2 Å². The van der Waals surface area contributed by atoms with Gasteiger partial charge in [0.15, 0.2) is 0 Å². The first-order valence-electron chi connectivity index (χ1n) is 12.1. The van der Waals surface area contributed by atoms with Crippen molar-refractivity contribution in [2.75, 3.05) is 6.54 Å². The number of urea groups is 1. The third-order valence-electron chi connectivity index (χ3n) is 7.98. The van der Waals surface area contributed by atoms with E-state index in [-0.39, 0.29) is 17.6 Å². The van der Waals surface area contributed by atoms with Crippen LogP contribution in [-0.2, 0) is 17.8 Å². The van der Waals surface area contributed by atoms with E-state index in [2.05, 4.69) is 39.8 Å². The molecule has 1 saturated carbocycles. The predicted molar refractivity (Wildman–Crippen MR) is 122 cm³/mol. The van der Waals surface area contributed by atoms with Crippen molar-refractivity contribution in [3.05, 3.63) is 60.1 Å². The molecule has 1 aliphatic carbocycles. The van der Waals surface area contributed by atoms with Crippen molar-refractivity contribution in [2.45, 2.75) is 69.5 Å². The fourth-order valence-electron chi connectivity index (χ4n) is 6.64. The number of carbonyl (C=O) groups is 2. The molecule has 4 atom stereocenters. The molecule has 3 aliphatic rings. The number of nitrogens with zero attached hydrogens (tertiary/aromatic N) is 1. The Morgan fingerprint density at radius 2 is 1.97 bits per heavy atom. The van der Waals surface area contributed by atoms with Crippen LogP contribution in [0.2, 0.25) is 0 Å². The summed E-state index contributed by atoms with van der Waals surface area (Å²) in [5.41, 5.74) is 1.29. The number of carbonyl (C=O) groups excluding carboxylic acids is 2. The lowest BCUT2D eigenvalue weighted by molar-refractivity contribution is -0.138. The highest BCUT2D eigenvalue weighted by Crippen LogP contribution is 2.52. The maximum Gasteiger partial charge on any atom is 0.315 e. The van der Waals surface area contributed by atoms with Crippen LogP contribution in [0.1, 0.15) is 56.3 Å². The van der Waals surface area contributed by atoms with Crippen molar-refractivity contribution in [3.8, 4) is 0 Å². The first-order chi connectivity index (χ1) is 15.7. The van der Waals surface area contributed by atoms with E-state index in [0.29, 0.717) is 30.7 Å². The van der Waals surface area contributed by atoms with Crippen LogP contribution >= 0.6 is 0 Å². The molecule has 0 bridgehead atoms. The van der Waals surface area contributed by atoms with E-state index in [1.165, 1.54) is 5.56 Å². The summed E-state index contributed by atoms with van der Waals surface area (Å²) >= 11 is 0. The number of hydrogen-bond acceptors (Lipinski definition) is 3. The molecule has 1 aromatic carbocycles. The third kappa shape index (κ3) is 4.03. The van der Waals surface area contributed by atoms with Gasteiger partial charge in [0.1, 0.15) is 5.76 Å². The van der Waals surface area contributed by atoms with E-state index in [4.69, 9.17) is 4.42 Å². The lowest BCUT2D eigenvalue weighted by atomic mass is 9.61. The van der Waals surface area contributed by atoms with Gasteiger partial charge in [0.2, 0.25) is 5.91 Å². The summed E-state index contributed by atoms with van der Waals surface area (Å²) in [5, 5.41) is 6.24. The van der Waals surface area contributed by atoms with Crippen molar-refractivity contribution in [1.82, 2.24) is 15.5 Å². The molecule has 3 heterocycles. The van der Waals surface area contributed by atoms with Crippen molar-refractivity contribution in [1.29, 1.82) is 0 Å². The number of hydrogen-bond donors (Lipinski definition) is 2. The molecule has 2 aliphatic heterocycles. The Kier molecular flexibility index (Phi) is 5.94. The van der Waals surface area contributed by atoms with Crippen LogP contribution in [0.25, 0.3) is 0 Å². The minimum Gasteiger partial charge on any atom is -0.467 e. The van der Waals surface area contributed by atoms with E-state index in [0.717, 1.165) is 57.3 Å². The lowest BCUT2D eigenvalue weighted by Crippen LogP contribution is -2.61. The van der Waals surface area contributed by atoms with Crippen LogP contribution < -0.4 is 10.6 Å². The Balaban J connectivity index is 1.38. The number of rotatable bonds is 5. The number of amides is 3. The standard InChI is InChI=1S/C26H33N3O3/c30-24-11-4-10-22-21(17-19-7-2-1-3-8-19)23(12-14-26(22)13-6-15-29(24)26)28-25(31)27-18-20-9-5-16-32-20/h1-3,5,7-9,16,21-23H,4,6,10-15,17-18H2,(H2,27,28,31)/t21?,22-,23-,26+/m0/s1. The van der Waals surface area contributed by atoms with Gasteiger partial charge < -0.3 is 20.0 Å². The smallest absolute Gasteiger partial charge is 0.315 e. The van der Waals surface area contributed by atoms with Gasteiger partial charge >= 0.3 is 6.03 Å². The highest BCUT2D eigenvalue weighted by molar-refractivity contribution is 5.78. The van der Waals surface area contributed by atoms with Gasteiger partial charge in [-0.1, -0.05) is 30.3 Å². The molecule has 2 saturated heterocycles. The molecule has 1 spiro atoms. The Bertz CT molecular complexity index is 929. The molecule has 1 aromatic heterocycles. The minimum absolute atomic E-state index is 0.0180. The van der Waals surface area contributed by atoms with Gasteiger partial charge in [-0.3, -0.25) is 4.79 Å². The predicted octanol–water partition coefficient (Wildman–Crippen LogP) is 4.26. The number of furan rings is 1. The topological polar surface area (TPSA) is 74.6 Å². The summed E-state index contributed by atoms with van der Waals surface area (Å²) in [7, 11) is 0. The van der Waals surface area contributed by atoms with Gasteiger partial charge in [-0.25, -0.2) is 4.79 Å². The highest BCUT2D eigenvalue weighted by atomic mass is 16.3. The summed E-state index contributed by atoms with van der Waals surface area (Å²) in [6, 6.07) is 14.2. The van der Waals surface area contributed by atoms with E-state index < -0.39 is 0 Å². The molecule has 3 amide bonds. The molecule has 6 nitrogen and oxygen atoms in total. The summed E-state index contributed by atoms with van der Waals surface area (Å²) < 4.78 is 5.34. The molecular weight excluding hydrogens is 402 g/mol. The fraction of sp³-hybridized carbons (Fsp3) is 0.538. The first kappa shape index (κ1) is 21.1. The molecule has 0 radical (unpaired) electrons. The third-order valence-corrected chi connectivity index (χ3v) is 7.98. The molecule has 2 aromatic rings. The lowest BCUT2D eigenvalue weighted by Gasteiger charge is -2.53. The van der Waals surface area contributed by atoms with E-state index >= 15 is 0 Å². The maximum absolute atomic E-state index is 12.9. The van der Waals surface area contributed by atoms with Crippen LogP contribution in [-0.4, -0.2) is 35.0 Å². The SMILES string of the molecule is O=C(NCc1ccco1)N[C@H]1CC[C@@]23CCCN2C(=O)CCC[C@H]3C1Cc1ccccc1. The zero-order valence-corrected chi connectivity index (χ0v) is 18.6. The molecule has 2 N–H and O–H groups in total. The minimum atomic E-state index is -0.145. The van der Waals surface area contributed by atoms with Crippen molar-refractivity contribution >= 4 is 11.9 Å². The van der Waals surface area contributed by atoms with Gasteiger partial charge in [-0.15, -0.1) is 0 Å². The fourth-order valence-corrected chi connectivity index (χ4v) is 6.64. The van der Waals surface area contributed by atoms with Gasteiger partial charge in [0, 0.05) is 24.5 Å². The Morgan fingerprint density at radius 1 is 1.09 bits per heavy atom. The largest absolute Gasteiger partial charge is 0.467 e. The first-order valence-corrected chi connectivity index (χ1v) is 12.1. The van der Waals surface area contributed by atoms with Crippen LogP contribution in [0, 0.1) is 11.8 Å². The average molecular weight is 436 g/mol. The number of benzene rings is 1. The maximum atomic E-state index is 12.9. The monoisotopic (exact) mass is 435 g/mol. The zero-order chi connectivity index (χ0) is 22.0. The van der Waals surface area contributed by atoms with Gasteiger partial charge in [-0.2, -0.15) is 0 Å². The van der Waals surface area contributed by atoms with Gasteiger partial charge in [0.05, 0.1) is 12.8 Å². The van der Waals surface area contributed by atoms with E-state index in [9.17, 15) is 9.59 Å². The van der Waals surface area contributed by atoms with Crippen LogP contribution in [0.4, 0.5) is 4.79 Å². The Morgan fingerprint density at radius 3 is 2.78 bits per heavy atom. The summed E-state index contributed by atoms with van der Waals surface area (Å²) in [6.45, 7) is 1.28. The Labute approximate surface area is 189 Å². The molecule has 32 heavy (non-hydrogen) atoms. The normalized spacial score (nSPS) is 29.7. The quantitative estimate of drug-likeness (QED) is 0.737. The van der Waals surface area contributed by atoms with Gasteiger partial charge in [0.25, 0.3) is 0 Å². The molecule has 6 heteroatoms. The van der Waals surface area contributed by atoms with Crippen LogP contribution in [0.15, 0.2) is 53.1 Å². The molecule has 3 fully saturated rings. The van der Waals surface area contributed by atoms with Gasteiger partial charge in [-0.05, 0) is 74.5 Å². The highest BCUT2D eigenvalue weighted by Gasteiger charge is 2.56. The van der Waals surface area contributed by atoms with Crippen LogP contribution in [0.5, 0.6) is 0 Å². The second kappa shape index (κ2) is 9.00. The van der Waals surface area contributed by atoms with E-state index in [1.54, 1.807) is 6.26 Å². The van der Waals surface area contributed by atoms with Crippen molar-refractivity contribution in [2.24, 2.45) is 11.8 Å². The molecule has 1 unspecified atom stereocenters. The zero-order valence-electron chi connectivity index (χ0n) is 18.6. The number of nitrogens with one attached hydrogen (secondary N) is 2. The second-order valence-electron chi connectivity index (χ2n) is 9.66. The second-order valence-corrected chi connectivity index (χ2v) is 9.66. The molecular formula is C26H33N3O3. The average Bonchev–Trinajstić information content (AvgIpc) is 3.45. The van der Waals surface area contributed by atoms with Crippen molar-refractivity contribution < 1.29 is 14.0 Å². The van der Waals surface area contributed by atoms with Crippen molar-refractivity contribution in [3.63, 3.8) is 0 Å². The molecule has 170 valence electrons. The Hall–Kier alpha value is -2.76. The summed E-state index contributed by atoms with van der Waals surface area (Å²) in [5.74, 6) is 1.81. The summed E-state index contributed by atoms with van der Waals surface area (Å²) in [6.07, 6.45) is 9.32.